The molecule has 0 atom stereocenters. The number of thiazole rings is 1. The zero-order valence-electron chi connectivity index (χ0n) is 13.0. The molecule has 22 heavy (non-hydrogen) atoms. The molecule has 0 N–H and O–H groups in total. The number of methoxy groups -OCH3 is 2. The van der Waals surface area contributed by atoms with Crippen LogP contribution in [-0.4, -0.2) is 32.2 Å². The normalized spacial score (nSPS) is 10.7. The van der Waals surface area contributed by atoms with Crippen molar-refractivity contribution in [3.8, 4) is 11.5 Å². The van der Waals surface area contributed by atoms with Gasteiger partial charge in [0.15, 0.2) is 5.13 Å². The molecule has 0 unspecified atom stereocenters. The molecular formula is C16H18N2O3S. The number of ether oxygens (including phenoxy) is 2. The molecule has 0 saturated heterocycles. The van der Waals surface area contributed by atoms with E-state index in [-0.39, 0.29) is 5.91 Å². The number of aromatic nitrogens is 1. The van der Waals surface area contributed by atoms with E-state index < -0.39 is 0 Å². The summed E-state index contributed by atoms with van der Waals surface area (Å²) in [4.78, 5) is 18.0. The zero-order valence-corrected chi connectivity index (χ0v) is 13.8. The Bertz CT molecular complexity index is 694. The third-order valence-electron chi connectivity index (χ3n) is 3.07. The summed E-state index contributed by atoms with van der Waals surface area (Å²) in [6, 6.07) is 5.43. The predicted octanol–water partition coefficient (Wildman–Crippen LogP) is 3.14. The van der Waals surface area contributed by atoms with Gasteiger partial charge in [0.05, 0.1) is 19.9 Å². The molecule has 0 aliphatic heterocycles. The van der Waals surface area contributed by atoms with E-state index in [0.717, 1.165) is 11.3 Å². The summed E-state index contributed by atoms with van der Waals surface area (Å²) in [5, 5.41) is 2.58. The minimum absolute atomic E-state index is 0.153. The molecule has 0 saturated carbocycles. The third kappa shape index (κ3) is 3.65. The van der Waals surface area contributed by atoms with Crippen LogP contribution in [0, 0.1) is 6.92 Å². The minimum Gasteiger partial charge on any atom is -0.497 e. The molecule has 5 nitrogen and oxygen atoms in total. The van der Waals surface area contributed by atoms with E-state index in [1.54, 1.807) is 33.4 Å². The van der Waals surface area contributed by atoms with Crippen LogP contribution in [0.5, 0.6) is 11.5 Å². The summed E-state index contributed by atoms with van der Waals surface area (Å²) in [7, 11) is 4.89. The van der Waals surface area contributed by atoms with Gasteiger partial charge in [0, 0.05) is 24.1 Å². The molecule has 0 bridgehead atoms. The summed E-state index contributed by atoms with van der Waals surface area (Å²) in [6.45, 7) is 1.90. The molecule has 0 spiro atoms. The maximum Gasteiger partial charge on any atom is 0.252 e. The summed E-state index contributed by atoms with van der Waals surface area (Å²) in [5.41, 5.74) is 1.68. The molecular weight excluding hydrogens is 300 g/mol. The first-order chi connectivity index (χ1) is 10.5. The lowest BCUT2D eigenvalue weighted by atomic mass is 10.1. The molecule has 1 aromatic carbocycles. The van der Waals surface area contributed by atoms with Crippen LogP contribution in [0.1, 0.15) is 11.3 Å². The number of rotatable bonds is 5. The molecule has 1 aromatic heterocycles. The van der Waals surface area contributed by atoms with E-state index in [1.165, 1.54) is 22.3 Å². The number of hydrogen-bond acceptors (Lipinski definition) is 5. The van der Waals surface area contributed by atoms with Crippen molar-refractivity contribution in [3.63, 3.8) is 0 Å². The van der Waals surface area contributed by atoms with E-state index in [0.29, 0.717) is 16.6 Å². The highest BCUT2D eigenvalue weighted by molar-refractivity contribution is 7.14. The number of benzene rings is 1. The molecule has 6 heteroatoms. The van der Waals surface area contributed by atoms with E-state index in [1.807, 2.05) is 24.4 Å². The monoisotopic (exact) mass is 318 g/mol. The molecule has 2 rings (SSSR count). The molecule has 1 heterocycles. The highest BCUT2D eigenvalue weighted by atomic mass is 32.1. The van der Waals surface area contributed by atoms with Crippen LogP contribution >= 0.6 is 11.3 Å². The topological polar surface area (TPSA) is 51.7 Å². The summed E-state index contributed by atoms with van der Waals surface area (Å²) in [6.07, 6.45) is 3.20. The average Bonchev–Trinajstić information content (AvgIpc) is 2.97. The lowest BCUT2D eigenvalue weighted by Crippen LogP contribution is -2.23. The van der Waals surface area contributed by atoms with E-state index >= 15 is 0 Å². The van der Waals surface area contributed by atoms with Gasteiger partial charge in [-0.1, -0.05) is 0 Å². The van der Waals surface area contributed by atoms with Crippen LogP contribution in [-0.2, 0) is 4.79 Å². The Morgan fingerprint density at radius 1 is 1.32 bits per heavy atom. The van der Waals surface area contributed by atoms with Crippen molar-refractivity contribution in [2.45, 2.75) is 6.92 Å². The molecule has 0 fully saturated rings. The van der Waals surface area contributed by atoms with Crippen LogP contribution in [0.4, 0.5) is 5.13 Å². The number of amides is 1. The van der Waals surface area contributed by atoms with Crippen molar-refractivity contribution < 1.29 is 14.3 Å². The fraction of sp³-hybridized carbons (Fsp3) is 0.250. The Labute approximate surface area is 133 Å². The number of anilines is 1. The summed E-state index contributed by atoms with van der Waals surface area (Å²) >= 11 is 1.44. The van der Waals surface area contributed by atoms with Gasteiger partial charge in [0.25, 0.3) is 5.91 Å². The fourth-order valence-corrected chi connectivity index (χ4v) is 2.61. The average molecular weight is 318 g/mol. The van der Waals surface area contributed by atoms with Gasteiger partial charge in [0.2, 0.25) is 0 Å². The largest absolute Gasteiger partial charge is 0.497 e. The van der Waals surface area contributed by atoms with Gasteiger partial charge in [0.1, 0.15) is 11.5 Å². The van der Waals surface area contributed by atoms with Crippen molar-refractivity contribution in [1.82, 2.24) is 4.98 Å². The van der Waals surface area contributed by atoms with Crippen molar-refractivity contribution >= 4 is 28.5 Å². The summed E-state index contributed by atoms with van der Waals surface area (Å²) in [5.74, 6) is 1.23. The van der Waals surface area contributed by atoms with Crippen molar-refractivity contribution in [2.75, 3.05) is 26.2 Å². The molecule has 116 valence electrons. The lowest BCUT2D eigenvalue weighted by molar-refractivity contribution is -0.113. The van der Waals surface area contributed by atoms with Gasteiger partial charge in [-0.05, 0) is 31.2 Å². The first-order valence-electron chi connectivity index (χ1n) is 6.65. The first kappa shape index (κ1) is 16.0. The Balaban J connectivity index is 2.18. The third-order valence-corrected chi connectivity index (χ3v) is 4.10. The van der Waals surface area contributed by atoms with Crippen LogP contribution in [0.15, 0.2) is 29.7 Å². The van der Waals surface area contributed by atoms with Gasteiger partial charge < -0.3 is 9.47 Å². The maximum atomic E-state index is 12.2. The van der Waals surface area contributed by atoms with E-state index in [4.69, 9.17) is 9.47 Å². The van der Waals surface area contributed by atoms with Crippen molar-refractivity contribution in [3.05, 3.63) is 40.9 Å². The molecule has 2 aromatic rings. The highest BCUT2D eigenvalue weighted by Crippen LogP contribution is 2.25. The van der Waals surface area contributed by atoms with Gasteiger partial charge in [-0.3, -0.25) is 9.69 Å². The highest BCUT2D eigenvalue weighted by Gasteiger charge is 2.11. The smallest absolute Gasteiger partial charge is 0.252 e. The Morgan fingerprint density at radius 3 is 2.68 bits per heavy atom. The molecule has 0 aliphatic carbocycles. The van der Waals surface area contributed by atoms with E-state index in [2.05, 4.69) is 4.98 Å². The van der Waals surface area contributed by atoms with Gasteiger partial charge in [-0.25, -0.2) is 4.98 Å². The van der Waals surface area contributed by atoms with Crippen LogP contribution in [0.3, 0.4) is 0 Å². The van der Waals surface area contributed by atoms with Gasteiger partial charge >= 0.3 is 0 Å². The number of nitrogens with zero attached hydrogens (tertiary/aromatic N) is 2. The predicted molar refractivity (Wildman–Crippen MR) is 88.8 cm³/mol. The first-order valence-corrected chi connectivity index (χ1v) is 7.53. The van der Waals surface area contributed by atoms with Crippen LogP contribution in [0.25, 0.3) is 6.08 Å². The fourth-order valence-electron chi connectivity index (χ4n) is 1.83. The van der Waals surface area contributed by atoms with Gasteiger partial charge in [-0.2, -0.15) is 0 Å². The molecule has 0 aliphatic rings. The second-order valence-corrected chi connectivity index (χ2v) is 5.45. The lowest BCUT2D eigenvalue weighted by Gasteiger charge is -2.11. The van der Waals surface area contributed by atoms with Crippen LogP contribution in [0.2, 0.25) is 0 Å². The van der Waals surface area contributed by atoms with Crippen molar-refractivity contribution in [2.24, 2.45) is 0 Å². The number of aryl methyl sites for hydroxylation is 1. The van der Waals surface area contributed by atoms with Gasteiger partial charge in [-0.15, -0.1) is 11.3 Å². The Morgan fingerprint density at radius 2 is 2.09 bits per heavy atom. The maximum absolute atomic E-state index is 12.2. The summed E-state index contributed by atoms with van der Waals surface area (Å²) < 4.78 is 10.5. The SMILES string of the molecule is COc1ccc(OC)c(/C=C/C(=O)N(C)c2nc(C)cs2)c1. The minimum atomic E-state index is -0.153. The molecule has 0 radical (unpaired) electrons. The Kier molecular flexibility index (Phi) is 5.16. The number of likely N-dealkylation sites (N-methyl/N-ethyl adjacent to an activating group) is 1. The standard InChI is InChI=1S/C16H18N2O3S/c1-11-10-22-16(17-11)18(2)15(19)8-5-12-9-13(20-3)6-7-14(12)21-4/h5-10H,1-4H3/b8-5+. The quantitative estimate of drug-likeness (QED) is 0.795. The number of hydrogen-bond donors (Lipinski definition) is 0. The second-order valence-electron chi connectivity index (χ2n) is 4.61. The van der Waals surface area contributed by atoms with E-state index in [9.17, 15) is 4.79 Å². The zero-order chi connectivity index (χ0) is 16.1. The Hall–Kier alpha value is -2.34. The number of carbonyl (C=O) groups excluding carboxylic acids is 1. The molecule has 1 amide bonds. The van der Waals surface area contributed by atoms with Crippen molar-refractivity contribution in [1.29, 1.82) is 0 Å². The number of carbonyl (C=O) groups is 1. The van der Waals surface area contributed by atoms with Crippen LogP contribution < -0.4 is 14.4 Å². The second kappa shape index (κ2) is 7.09.